The molecule has 1 heterocycles. The summed E-state index contributed by atoms with van der Waals surface area (Å²) in [5, 5.41) is 18.9. The van der Waals surface area contributed by atoms with Gasteiger partial charge in [0, 0.05) is 13.0 Å². The van der Waals surface area contributed by atoms with Crippen molar-refractivity contribution in [2.45, 2.75) is 66.7 Å². The van der Waals surface area contributed by atoms with Crippen molar-refractivity contribution in [3.63, 3.8) is 0 Å². The summed E-state index contributed by atoms with van der Waals surface area (Å²) in [6.45, 7) is 9.93. The molecule has 0 aliphatic heterocycles. The number of halogens is 3. The number of carbonyl (C=O) groups is 3. The molecule has 0 saturated carbocycles. The van der Waals surface area contributed by atoms with Gasteiger partial charge in [0.1, 0.15) is 15.8 Å². The van der Waals surface area contributed by atoms with E-state index in [2.05, 4.69) is 83.1 Å². The number of rotatable bonds is 9. The number of benzene rings is 2. The number of aromatic nitrogens is 2. The summed E-state index contributed by atoms with van der Waals surface area (Å²) in [5.74, 6) is -0.0981. The topological polar surface area (TPSA) is 154 Å². The monoisotopic (exact) mass is 928 g/mol. The van der Waals surface area contributed by atoms with Crippen molar-refractivity contribution in [3.8, 4) is 0 Å². The molecule has 0 atom stereocenters. The highest BCUT2D eigenvalue weighted by atomic mass is 127. The maximum atomic E-state index is 12.9. The van der Waals surface area contributed by atoms with Gasteiger partial charge in [-0.15, -0.1) is 0 Å². The molecule has 0 aliphatic rings. The molecular formula is C30H39I3N6O4. The predicted molar refractivity (Wildman–Crippen MR) is 198 cm³/mol. The van der Waals surface area contributed by atoms with Crippen LogP contribution in [0.4, 0.5) is 5.82 Å². The van der Waals surface area contributed by atoms with Crippen molar-refractivity contribution < 1.29 is 19.5 Å². The Kier molecular flexibility index (Phi) is 18.1. The summed E-state index contributed by atoms with van der Waals surface area (Å²) in [6.07, 6.45) is 4.94. The smallest absolute Gasteiger partial charge is 0.303 e. The molecule has 10 nitrogen and oxygen atoms in total. The third-order valence-electron chi connectivity index (χ3n) is 5.95. The number of carboxylic acid groups (broad SMARTS) is 1. The zero-order valence-corrected chi connectivity index (χ0v) is 31.5. The number of carbonyl (C=O) groups excluding carboxylic acids is 2. The Morgan fingerprint density at radius 1 is 1.07 bits per heavy atom. The quantitative estimate of drug-likeness (QED) is 0.0501. The SMILES string of the molecule is CC=O.CCC(=O)O.Cc1nc(C(=O)N(I)C(=N)N(I)CCCCc2ccc(CC(C)C)c3ccccc23)c(I)nc1N. The van der Waals surface area contributed by atoms with Gasteiger partial charge in [0.25, 0.3) is 5.91 Å². The standard InChI is InChI=1S/C25H29I3N6O.C3H6O2.C2H4O/c1-15(2)14-18-12-11-17(19-9-4-5-10-20(18)19)8-6-7-13-33(27)25(30)34(28)24(35)21-22(26)32-23(29)16(3)31-21;1-2-3(4)5;1-2-3/h4-5,9-12,15,30H,6-8,13-14H2,1-3H3,(H2,29,32);2H2,1H3,(H,4,5);2H,1H3. The molecule has 13 heteroatoms. The minimum Gasteiger partial charge on any atom is -0.481 e. The predicted octanol–water partition coefficient (Wildman–Crippen LogP) is 7.41. The van der Waals surface area contributed by atoms with Gasteiger partial charge in [-0.3, -0.25) is 18.1 Å². The van der Waals surface area contributed by atoms with E-state index in [1.165, 1.54) is 31.9 Å². The first-order valence-corrected chi connectivity index (χ1v) is 16.7. The average molecular weight is 928 g/mol. The van der Waals surface area contributed by atoms with Crippen molar-refractivity contribution >= 4 is 109 Å². The highest BCUT2D eigenvalue weighted by Crippen LogP contribution is 2.26. The Morgan fingerprint density at radius 2 is 1.60 bits per heavy atom. The van der Waals surface area contributed by atoms with Crippen LogP contribution in [-0.2, 0) is 22.4 Å². The van der Waals surface area contributed by atoms with Gasteiger partial charge >= 0.3 is 5.97 Å². The Hall–Kier alpha value is -2.15. The molecule has 0 aliphatic carbocycles. The number of nitrogens with one attached hydrogen (secondary N) is 1. The van der Waals surface area contributed by atoms with Gasteiger partial charge < -0.3 is 15.6 Å². The van der Waals surface area contributed by atoms with Gasteiger partial charge in [0.05, 0.1) is 51.4 Å². The number of amides is 1. The van der Waals surface area contributed by atoms with E-state index in [4.69, 9.17) is 21.0 Å². The van der Waals surface area contributed by atoms with E-state index >= 15 is 0 Å². The molecule has 0 fully saturated rings. The molecule has 234 valence electrons. The minimum absolute atomic E-state index is 0.103. The first kappa shape index (κ1) is 38.9. The summed E-state index contributed by atoms with van der Waals surface area (Å²) in [6, 6.07) is 13.2. The Morgan fingerprint density at radius 3 is 2.14 bits per heavy atom. The highest BCUT2D eigenvalue weighted by molar-refractivity contribution is 14.1. The molecule has 1 aromatic heterocycles. The number of anilines is 1. The van der Waals surface area contributed by atoms with Gasteiger partial charge in [0.15, 0.2) is 5.69 Å². The number of aliphatic carboxylic acids is 1. The number of guanidine groups is 1. The number of carboxylic acids is 1. The van der Waals surface area contributed by atoms with E-state index < -0.39 is 5.97 Å². The van der Waals surface area contributed by atoms with Crippen LogP contribution in [0.25, 0.3) is 10.8 Å². The lowest BCUT2D eigenvalue weighted by Crippen LogP contribution is -2.37. The molecule has 0 radical (unpaired) electrons. The molecule has 0 unspecified atom stereocenters. The number of aldehydes is 1. The minimum atomic E-state index is -0.745. The molecule has 3 rings (SSSR count). The number of nitrogens with zero attached hydrogens (tertiary/aromatic N) is 4. The number of nitrogens with two attached hydrogens (primary N) is 1. The van der Waals surface area contributed by atoms with Crippen molar-refractivity contribution in [3.05, 3.63) is 62.6 Å². The van der Waals surface area contributed by atoms with Gasteiger partial charge in [-0.25, -0.2) is 13.1 Å². The molecule has 0 saturated heterocycles. The second-order valence-corrected chi connectivity index (χ2v) is 12.9. The lowest BCUT2D eigenvalue weighted by atomic mass is 9.92. The fourth-order valence-electron chi connectivity index (χ4n) is 3.86. The van der Waals surface area contributed by atoms with E-state index in [0.29, 0.717) is 27.7 Å². The maximum absolute atomic E-state index is 12.9. The van der Waals surface area contributed by atoms with Crippen molar-refractivity contribution in [1.29, 1.82) is 5.41 Å². The summed E-state index contributed by atoms with van der Waals surface area (Å²) < 4.78 is 3.46. The number of aryl methyl sites for hydroxylation is 2. The molecule has 1 amide bonds. The van der Waals surface area contributed by atoms with Crippen LogP contribution in [0.3, 0.4) is 0 Å². The summed E-state index contributed by atoms with van der Waals surface area (Å²) in [5.41, 5.74) is 9.26. The van der Waals surface area contributed by atoms with Crippen LogP contribution in [0, 0.1) is 22.0 Å². The fraction of sp³-hybridized carbons (Fsp3) is 0.400. The number of hydrogen-bond donors (Lipinski definition) is 3. The van der Waals surface area contributed by atoms with Gasteiger partial charge in [-0.05, 0) is 89.9 Å². The summed E-state index contributed by atoms with van der Waals surface area (Å²) in [4.78, 5) is 39.5. The Bertz CT molecular complexity index is 1400. The molecule has 4 N–H and O–H groups in total. The normalized spacial score (nSPS) is 10.3. The zero-order chi connectivity index (χ0) is 32.7. The summed E-state index contributed by atoms with van der Waals surface area (Å²) >= 11 is 5.89. The summed E-state index contributed by atoms with van der Waals surface area (Å²) in [7, 11) is 0. The highest BCUT2D eigenvalue weighted by Gasteiger charge is 2.25. The average Bonchev–Trinajstić information content (AvgIpc) is 2.97. The fourth-order valence-corrected chi connectivity index (χ4v) is 5.93. The second kappa shape index (κ2) is 20.0. The van der Waals surface area contributed by atoms with Gasteiger partial charge in [-0.2, -0.15) is 0 Å². The first-order valence-electron chi connectivity index (χ1n) is 13.7. The lowest BCUT2D eigenvalue weighted by Gasteiger charge is -2.23. The number of unbranched alkanes of at least 4 members (excludes halogenated alkanes) is 1. The Balaban J connectivity index is 0.00000103. The van der Waals surface area contributed by atoms with Crippen LogP contribution < -0.4 is 5.73 Å². The molecular weight excluding hydrogens is 889 g/mol. The van der Waals surface area contributed by atoms with Crippen LogP contribution in [-0.4, -0.2) is 52.0 Å². The van der Waals surface area contributed by atoms with E-state index in [0.717, 1.165) is 32.0 Å². The molecule has 0 spiro atoms. The van der Waals surface area contributed by atoms with Crippen molar-refractivity contribution in [1.82, 2.24) is 16.2 Å². The largest absolute Gasteiger partial charge is 0.481 e. The number of nitrogen functional groups attached to an aromatic ring is 1. The van der Waals surface area contributed by atoms with Gasteiger partial charge in [0.2, 0.25) is 5.96 Å². The molecule has 2 aromatic carbocycles. The lowest BCUT2D eigenvalue weighted by molar-refractivity contribution is -0.136. The third kappa shape index (κ3) is 12.8. The molecule has 3 aromatic rings. The third-order valence-corrected chi connectivity index (χ3v) is 8.53. The van der Waals surface area contributed by atoms with Gasteiger partial charge in [-0.1, -0.05) is 57.2 Å². The van der Waals surface area contributed by atoms with Crippen LogP contribution in [0.15, 0.2) is 36.4 Å². The van der Waals surface area contributed by atoms with Crippen LogP contribution in [0.5, 0.6) is 0 Å². The van der Waals surface area contributed by atoms with Crippen LogP contribution in [0.1, 0.15) is 74.3 Å². The maximum Gasteiger partial charge on any atom is 0.303 e. The Labute approximate surface area is 295 Å². The molecule has 43 heavy (non-hydrogen) atoms. The van der Waals surface area contributed by atoms with E-state index in [1.54, 1.807) is 17.0 Å². The van der Waals surface area contributed by atoms with Crippen molar-refractivity contribution in [2.24, 2.45) is 5.92 Å². The zero-order valence-electron chi connectivity index (χ0n) is 25.0. The second-order valence-electron chi connectivity index (χ2n) is 9.80. The number of hydrogen-bond acceptors (Lipinski definition) is 7. The van der Waals surface area contributed by atoms with E-state index in [-0.39, 0.29) is 24.0 Å². The van der Waals surface area contributed by atoms with Crippen LogP contribution >= 0.6 is 68.3 Å². The van der Waals surface area contributed by atoms with E-state index in [1.807, 2.05) is 45.5 Å². The number of fused-ring (bicyclic) bond motifs is 1. The van der Waals surface area contributed by atoms with E-state index in [9.17, 15) is 9.59 Å². The first-order chi connectivity index (χ1) is 20.3. The van der Waals surface area contributed by atoms with Crippen molar-refractivity contribution in [2.75, 3.05) is 12.3 Å². The molecule has 0 bridgehead atoms. The van der Waals surface area contributed by atoms with Crippen LogP contribution in [0.2, 0.25) is 0 Å².